The predicted octanol–water partition coefficient (Wildman–Crippen LogP) is 2.83. The quantitative estimate of drug-likeness (QED) is 0.529. The molecule has 0 spiro atoms. The summed E-state index contributed by atoms with van der Waals surface area (Å²) in [6.45, 7) is 18.8. The van der Waals surface area contributed by atoms with Crippen molar-refractivity contribution < 1.29 is 9.13 Å². The van der Waals surface area contributed by atoms with Gasteiger partial charge in [0.15, 0.2) is 5.96 Å². The molecule has 31 heavy (non-hydrogen) atoms. The second kappa shape index (κ2) is 11.8. The minimum atomic E-state index is -0.218. The molecule has 0 amide bonds. The van der Waals surface area contributed by atoms with Crippen LogP contribution in [0.5, 0.6) is 0 Å². The van der Waals surface area contributed by atoms with Crippen molar-refractivity contribution in [3.05, 3.63) is 35.6 Å². The predicted molar refractivity (Wildman–Crippen MR) is 125 cm³/mol. The molecule has 0 aliphatic carbocycles. The number of halogens is 1. The van der Waals surface area contributed by atoms with Gasteiger partial charge in [-0.25, -0.2) is 4.39 Å². The fraction of sp³-hybridized carbons (Fsp3) is 0.708. The average molecular weight is 434 g/mol. The van der Waals surface area contributed by atoms with Crippen molar-refractivity contribution in [3.63, 3.8) is 0 Å². The first-order valence-electron chi connectivity index (χ1n) is 11.9. The van der Waals surface area contributed by atoms with E-state index in [-0.39, 0.29) is 18.0 Å². The Kier molecular flexibility index (Phi) is 9.11. The molecular formula is C24H40FN5O. The van der Waals surface area contributed by atoms with E-state index in [1.165, 1.54) is 25.2 Å². The summed E-state index contributed by atoms with van der Waals surface area (Å²) in [6, 6.07) is 6.65. The first-order valence-corrected chi connectivity index (χ1v) is 11.9. The molecule has 0 aromatic heterocycles. The summed E-state index contributed by atoms with van der Waals surface area (Å²) >= 11 is 0. The lowest BCUT2D eigenvalue weighted by Crippen LogP contribution is -2.51. The Bertz CT molecular complexity index is 690. The molecule has 0 bridgehead atoms. The third-order valence-corrected chi connectivity index (χ3v) is 6.17. The molecule has 174 valence electrons. The maximum Gasteiger partial charge on any atom is 0.194 e. The highest BCUT2D eigenvalue weighted by Gasteiger charge is 2.28. The number of ether oxygens (including phenoxy) is 1. The molecule has 3 atom stereocenters. The van der Waals surface area contributed by atoms with Gasteiger partial charge < -0.3 is 24.8 Å². The first-order chi connectivity index (χ1) is 15.0. The zero-order valence-electron chi connectivity index (χ0n) is 19.7. The lowest BCUT2D eigenvalue weighted by Gasteiger charge is -2.39. The smallest absolute Gasteiger partial charge is 0.194 e. The van der Waals surface area contributed by atoms with Crippen LogP contribution in [0.3, 0.4) is 0 Å². The number of rotatable bonds is 7. The van der Waals surface area contributed by atoms with Crippen molar-refractivity contribution in [3.8, 4) is 0 Å². The van der Waals surface area contributed by atoms with E-state index >= 15 is 0 Å². The van der Waals surface area contributed by atoms with Gasteiger partial charge in [0.25, 0.3) is 0 Å². The Hall–Kier alpha value is -1.70. The lowest BCUT2D eigenvalue weighted by atomic mass is 10.1. The van der Waals surface area contributed by atoms with Gasteiger partial charge in [0.05, 0.1) is 12.6 Å². The van der Waals surface area contributed by atoms with E-state index < -0.39 is 0 Å². The highest BCUT2D eigenvalue weighted by atomic mass is 19.1. The minimum absolute atomic E-state index is 0.0829. The van der Waals surface area contributed by atoms with Crippen LogP contribution in [-0.2, 0) is 4.74 Å². The van der Waals surface area contributed by atoms with Gasteiger partial charge in [-0.2, -0.15) is 0 Å². The van der Waals surface area contributed by atoms with E-state index in [0.717, 1.165) is 63.9 Å². The number of hydrogen-bond donors (Lipinski definition) is 1. The number of benzene rings is 1. The second-order valence-electron chi connectivity index (χ2n) is 8.93. The van der Waals surface area contributed by atoms with E-state index in [2.05, 4.69) is 47.7 Å². The number of nitrogens with one attached hydrogen (secondary N) is 1. The largest absolute Gasteiger partial charge is 0.367 e. The van der Waals surface area contributed by atoms with E-state index in [1.807, 2.05) is 12.1 Å². The maximum absolute atomic E-state index is 13.3. The Morgan fingerprint density at radius 1 is 1.13 bits per heavy atom. The van der Waals surface area contributed by atoms with Crippen LogP contribution < -0.4 is 5.32 Å². The summed E-state index contributed by atoms with van der Waals surface area (Å²) in [6.07, 6.45) is 0.000403. The van der Waals surface area contributed by atoms with E-state index in [1.54, 1.807) is 0 Å². The maximum atomic E-state index is 13.3. The van der Waals surface area contributed by atoms with E-state index in [0.29, 0.717) is 5.92 Å². The van der Waals surface area contributed by atoms with Gasteiger partial charge in [0.2, 0.25) is 0 Å². The fourth-order valence-electron chi connectivity index (χ4n) is 4.44. The third-order valence-electron chi connectivity index (χ3n) is 6.17. The molecular weight excluding hydrogens is 393 g/mol. The van der Waals surface area contributed by atoms with E-state index in [4.69, 9.17) is 9.73 Å². The summed E-state index contributed by atoms with van der Waals surface area (Å²) in [7, 11) is 0. The summed E-state index contributed by atoms with van der Waals surface area (Å²) in [5.41, 5.74) is 1.01. The number of hydrogen-bond acceptors (Lipinski definition) is 4. The number of guanidine groups is 1. The van der Waals surface area contributed by atoms with Crippen LogP contribution in [0.2, 0.25) is 0 Å². The third kappa shape index (κ3) is 7.16. The van der Waals surface area contributed by atoms with Crippen molar-refractivity contribution in [1.29, 1.82) is 0 Å². The van der Waals surface area contributed by atoms with Crippen molar-refractivity contribution in [2.75, 3.05) is 65.4 Å². The van der Waals surface area contributed by atoms with Crippen molar-refractivity contribution >= 4 is 5.96 Å². The van der Waals surface area contributed by atoms with Crippen LogP contribution in [-0.4, -0.2) is 92.2 Å². The Balaban J connectivity index is 1.58. The Labute approximate surface area is 187 Å². The molecule has 2 saturated heterocycles. The number of morpholine rings is 1. The number of nitrogens with zero attached hydrogens (tertiary/aromatic N) is 4. The standard InChI is InChI=1S/C24H40FN5O/c1-5-26-24(27-15-19(3)16-29-13-11-28(6-2)12-14-29)30-17-20(4)31-23(18-30)21-7-9-22(25)10-8-21/h7-10,19-20,23H,5-6,11-18H2,1-4H3,(H,26,27). The van der Waals surface area contributed by atoms with Crippen molar-refractivity contribution in [2.45, 2.75) is 39.9 Å². The molecule has 6 nitrogen and oxygen atoms in total. The van der Waals surface area contributed by atoms with E-state index in [9.17, 15) is 4.39 Å². The molecule has 2 aliphatic heterocycles. The molecule has 2 aliphatic rings. The normalized spacial score (nSPS) is 24.9. The molecule has 1 N–H and O–H groups in total. The van der Waals surface area contributed by atoms with Crippen molar-refractivity contribution in [1.82, 2.24) is 20.0 Å². The zero-order chi connectivity index (χ0) is 22.2. The van der Waals surface area contributed by atoms with Crippen LogP contribution in [0, 0.1) is 11.7 Å². The molecule has 1 aromatic carbocycles. The fourth-order valence-corrected chi connectivity index (χ4v) is 4.44. The summed E-state index contributed by atoms with van der Waals surface area (Å²) in [5.74, 6) is 1.24. The zero-order valence-corrected chi connectivity index (χ0v) is 19.7. The summed E-state index contributed by atoms with van der Waals surface area (Å²) < 4.78 is 19.5. The Morgan fingerprint density at radius 2 is 1.81 bits per heavy atom. The molecule has 0 radical (unpaired) electrons. The number of piperazine rings is 1. The topological polar surface area (TPSA) is 43.3 Å². The van der Waals surface area contributed by atoms with Crippen LogP contribution >= 0.6 is 0 Å². The molecule has 0 saturated carbocycles. The highest BCUT2D eigenvalue weighted by molar-refractivity contribution is 5.80. The highest BCUT2D eigenvalue weighted by Crippen LogP contribution is 2.25. The van der Waals surface area contributed by atoms with Gasteiger partial charge >= 0.3 is 0 Å². The van der Waals surface area contributed by atoms with Gasteiger partial charge in [-0.05, 0) is 44.0 Å². The summed E-state index contributed by atoms with van der Waals surface area (Å²) in [4.78, 5) is 12.4. The van der Waals surface area contributed by atoms with Gasteiger partial charge in [-0.3, -0.25) is 4.99 Å². The minimum Gasteiger partial charge on any atom is -0.367 e. The SMILES string of the molecule is CCNC(=NCC(C)CN1CCN(CC)CC1)N1CC(C)OC(c2ccc(F)cc2)C1. The molecule has 2 heterocycles. The molecule has 2 fully saturated rings. The number of likely N-dealkylation sites (N-methyl/N-ethyl adjacent to an activating group) is 1. The Morgan fingerprint density at radius 3 is 2.45 bits per heavy atom. The molecule has 7 heteroatoms. The van der Waals surface area contributed by atoms with Gasteiger partial charge in [-0.1, -0.05) is 26.0 Å². The molecule has 3 rings (SSSR count). The van der Waals surface area contributed by atoms with Crippen molar-refractivity contribution in [2.24, 2.45) is 10.9 Å². The van der Waals surface area contributed by atoms with Gasteiger partial charge in [-0.15, -0.1) is 0 Å². The van der Waals surface area contributed by atoms with Gasteiger partial charge in [0, 0.05) is 52.4 Å². The first kappa shape index (κ1) is 24.0. The van der Waals surface area contributed by atoms with Crippen LogP contribution in [0.4, 0.5) is 4.39 Å². The lowest BCUT2D eigenvalue weighted by molar-refractivity contribution is -0.0605. The number of aliphatic imine (C=N–C) groups is 1. The molecule has 1 aromatic rings. The summed E-state index contributed by atoms with van der Waals surface area (Å²) in [5, 5.41) is 3.47. The van der Waals surface area contributed by atoms with Crippen LogP contribution in [0.1, 0.15) is 39.4 Å². The monoisotopic (exact) mass is 433 g/mol. The second-order valence-corrected chi connectivity index (χ2v) is 8.93. The van der Waals surface area contributed by atoms with Crippen LogP contribution in [0.25, 0.3) is 0 Å². The van der Waals surface area contributed by atoms with Gasteiger partial charge in [0.1, 0.15) is 11.9 Å². The van der Waals surface area contributed by atoms with Crippen LogP contribution in [0.15, 0.2) is 29.3 Å². The average Bonchev–Trinajstić information content (AvgIpc) is 2.77. The molecule has 3 unspecified atom stereocenters.